The number of benzene rings is 1. The Hall–Kier alpha value is -3.74. The average Bonchev–Trinajstić information content (AvgIpc) is 3.15. The van der Waals surface area contributed by atoms with Crippen molar-refractivity contribution in [3.05, 3.63) is 72.3 Å². The molecule has 4 heterocycles. The second-order valence-electron chi connectivity index (χ2n) is 7.64. The quantitative estimate of drug-likeness (QED) is 0.564. The lowest BCUT2D eigenvalue weighted by Gasteiger charge is -2.44. The van der Waals surface area contributed by atoms with Gasteiger partial charge < -0.3 is 15.2 Å². The molecule has 3 aromatic heterocycles. The second kappa shape index (κ2) is 6.41. The molecule has 0 spiro atoms. The lowest BCUT2D eigenvalue weighted by molar-refractivity contribution is 0.0895. The number of nitrogens with one attached hydrogen (secondary N) is 2. The van der Waals surface area contributed by atoms with Gasteiger partial charge in [0.2, 0.25) is 0 Å². The van der Waals surface area contributed by atoms with Crippen LogP contribution in [-0.4, -0.2) is 31.5 Å². The number of hydrogen-bond donors (Lipinski definition) is 2. The third-order valence-electron chi connectivity index (χ3n) is 5.28. The Kier molecular flexibility index (Phi) is 3.84. The number of nitrogens with zero attached hydrogens (tertiary/aromatic N) is 4. The minimum absolute atomic E-state index is 0.115. The van der Waals surface area contributed by atoms with E-state index >= 15 is 0 Å². The summed E-state index contributed by atoms with van der Waals surface area (Å²) in [6, 6.07) is 13.9. The number of rotatable bonds is 3. The van der Waals surface area contributed by atoms with Gasteiger partial charge in [0.15, 0.2) is 0 Å². The third kappa shape index (κ3) is 2.91. The highest BCUT2D eigenvalue weighted by molar-refractivity contribution is 6.02. The van der Waals surface area contributed by atoms with Gasteiger partial charge in [-0.1, -0.05) is 30.3 Å². The first-order chi connectivity index (χ1) is 14.0. The fraction of sp³-hybridized carbons (Fsp3) is 0.182. The van der Waals surface area contributed by atoms with Gasteiger partial charge in [-0.05, 0) is 31.5 Å². The van der Waals surface area contributed by atoms with Crippen molar-refractivity contribution in [1.29, 1.82) is 0 Å². The minimum Gasteiger partial charge on any atom is -0.345 e. The summed E-state index contributed by atoms with van der Waals surface area (Å²) in [5.74, 6) is 0.557. The molecule has 0 bridgehead atoms. The summed E-state index contributed by atoms with van der Waals surface area (Å²) in [7, 11) is 0. The largest absolute Gasteiger partial charge is 0.345 e. The normalized spacial score (nSPS) is 15.2. The lowest BCUT2D eigenvalue weighted by atomic mass is 10.0. The van der Waals surface area contributed by atoms with Crippen LogP contribution in [0.3, 0.4) is 0 Å². The van der Waals surface area contributed by atoms with E-state index in [1.165, 1.54) is 6.33 Å². The molecule has 0 radical (unpaired) electrons. The topological polar surface area (TPSA) is 86.8 Å². The van der Waals surface area contributed by atoms with E-state index in [4.69, 9.17) is 4.98 Å². The lowest BCUT2D eigenvalue weighted by Crippen LogP contribution is -2.60. The summed E-state index contributed by atoms with van der Waals surface area (Å²) in [5.41, 5.74) is 3.58. The fourth-order valence-electron chi connectivity index (χ4n) is 3.77. The van der Waals surface area contributed by atoms with Crippen molar-refractivity contribution in [3.63, 3.8) is 0 Å². The van der Waals surface area contributed by atoms with Gasteiger partial charge in [0.1, 0.15) is 23.5 Å². The highest BCUT2D eigenvalue weighted by Crippen LogP contribution is 2.34. The Morgan fingerprint density at radius 3 is 2.72 bits per heavy atom. The summed E-state index contributed by atoms with van der Waals surface area (Å²) < 4.78 is 0. The molecule has 2 N–H and O–H groups in total. The van der Waals surface area contributed by atoms with Gasteiger partial charge >= 0.3 is 0 Å². The Bertz CT molecular complexity index is 1210. The first-order valence-corrected chi connectivity index (χ1v) is 9.45. The van der Waals surface area contributed by atoms with Crippen LogP contribution in [0, 0.1) is 0 Å². The van der Waals surface area contributed by atoms with Crippen molar-refractivity contribution in [2.75, 3.05) is 4.90 Å². The Morgan fingerprint density at radius 2 is 1.90 bits per heavy atom. The standard InChI is InChI=1S/C22H20N6O/c1-22(2)27-21(29)15-8-9-18(16-11-24-19-17(16)10-23-13-25-19)26-20(15)28(22)12-14-6-4-3-5-7-14/h3-11,13H,12H2,1-2H3,(H,27,29)(H,23,24,25). The van der Waals surface area contributed by atoms with E-state index in [9.17, 15) is 4.79 Å². The first-order valence-electron chi connectivity index (χ1n) is 9.45. The van der Waals surface area contributed by atoms with Crippen LogP contribution < -0.4 is 10.2 Å². The van der Waals surface area contributed by atoms with Crippen molar-refractivity contribution in [2.45, 2.75) is 26.1 Å². The smallest absolute Gasteiger partial charge is 0.256 e. The van der Waals surface area contributed by atoms with E-state index in [0.29, 0.717) is 17.9 Å². The third-order valence-corrected chi connectivity index (χ3v) is 5.28. The number of H-pyrrole nitrogens is 1. The van der Waals surface area contributed by atoms with Gasteiger partial charge in [0.25, 0.3) is 5.91 Å². The van der Waals surface area contributed by atoms with Crippen LogP contribution >= 0.6 is 0 Å². The molecule has 144 valence electrons. The molecule has 5 rings (SSSR count). The van der Waals surface area contributed by atoms with E-state index in [0.717, 1.165) is 27.9 Å². The average molecular weight is 384 g/mol. The van der Waals surface area contributed by atoms with Crippen LogP contribution in [0.4, 0.5) is 5.82 Å². The van der Waals surface area contributed by atoms with Crippen molar-refractivity contribution in [1.82, 2.24) is 25.3 Å². The number of pyridine rings is 1. The molecule has 1 aromatic carbocycles. The SMILES string of the molecule is CC1(C)NC(=O)c2ccc(-c3c[nH]c4ncncc34)nc2N1Cc1ccccc1. The van der Waals surface area contributed by atoms with Crippen molar-refractivity contribution in [3.8, 4) is 11.3 Å². The van der Waals surface area contributed by atoms with Gasteiger partial charge in [-0.15, -0.1) is 0 Å². The van der Waals surface area contributed by atoms with Crippen LogP contribution in [0.2, 0.25) is 0 Å². The highest BCUT2D eigenvalue weighted by atomic mass is 16.2. The predicted octanol–water partition coefficient (Wildman–Crippen LogP) is 3.51. The molecule has 0 saturated carbocycles. The molecule has 1 amide bonds. The zero-order valence-corrected chi connectivity index (χ0v) is 16.2. The maximum absolute atomic E-state index is 12.7. The molecule has 0 atom stereocenters. The highest BCUT2D eigenvalue weighted by Gasteiger charge is 2.38. The number of amides is 1. The first kappa shape index (κ1) is 17.4. The molecular weight excluding hydrogens is 364 g/mol. The molecule has 0 saturated heterocycles. The van der Waals surface area contributed by atoms with E-state index in [2.05, 4.69) is 37.3 Å². The number of carbonyl (C=O) groups is 1. The Balaban J connectivity index is 1.65. The summed E-state index contributed by atoms with van der Waals surface area (Å²) in [6.07, 6.45) is 5.16. The maximum Gasteiger partial charge on any atom is 0.256 e. The van der Waals surface area contributed by atoms with E-state index in [1.54, 1.807) is 6.20 Å². The van der Waals surface area contributed by atoms with Gasteiger partial charge in [-0.3, -0.25) is 4.79 Å². The Morgan fingerprint density at radius 1 is 1.07 bits per heavy atom. The second-order valence-corrected chi connectivity index (χ2v) is 7.64. The van der Waals surface area contributed by atoms with Crippen LogP contribution in [-0.2, 0) is 6.54 Å². The number of aromatic amines is 1. The molecule has 0 aliphatic carbocycles. The summed E-state index contributed by atoms with van der Waals surface area (Å²) >= 11 is 0. The minimum atomic E-state index is -0.575. The van der Waals surface area contributed by atoms with E-state index < -0.39 is 5.66 Å². The number of hydrogen-bond acceptors (Lipinski definition) is 5. The molecule has 0 unspecified atom stereocenters. The van der Waals surface area contributed by atoms with Gasteiger partial charge in [-0.2, -0.15) is 0 Å². The molecular formula is C22H20N6O. The number of carbonyl (C=O) groups excluding carboxylic acids is 1. The summed E-state index contributed by atoms with van der Waals surface area (Å²) in [5, 5.41) is 3.98. The zero-order chi connectivity index (χ0) is 20.0. The van der Waals surface area contributed by atoms with Gasteiger partial charge in [-0.25, -0.2) is 15.0 Å². The molecule has 1 aliphatic rings. The molecule has 7 nitrogen and oxygen atoms in total. The molecule has 4 aromatic rings. The summed E-state index contributed by atoms with van der Waals surface area (Å²) in [4.78, 5) is 31.3. The van der Waals surface area contributed by atoms with E-state index in [-0.39, 0.29) is 5.91 Å². The van der Waals surface area contributed by atoms with Crippen molar-refractivity contribution < 1.29 is 4.79 Å². The van der Waals surface area contributed by atoms with E-state index in [1.807, 2.05) is 50.4 Å². The van der Waals surface area contributed by atoms with Crippen molar-refractivity contribution >= 4 is 22.8 Å². The van der Waals surface area contributed by atoms with Crippen LogP contribution in [0.5, 0.6) is 0 Å². The number of anilines is 1. The van der Waals surface area contributed by atoms with Crippen LogP contribution in [0.1, 0.15) is 29.8 Å². The van der Waals surface area contributed by atoms with Crippen LogP contribution in [0.15, 0.2) is 61.2 Å². The molecule has 29 heavy (non-hydrogen) atoms. The maximum atomic E-state index is 12.7. The monoisotopic (exact) mass is 384 g/mol. The zero-order valence-electron chi connectivity index (χ0n) is 16.2. The van der Waals surface area contributed by atoms with Gasteiger partial charge in [0, 0.05) is 29.9 Å². The number of fused-ring (bicyclic) bond motifs is 2. The number of aromatic nitrogens is 4. The fourth-order valence-corrected chi connectivity index (χ4v) is 3.77. The van der Waals surface area contributed by atoms with Gasteiger partial charge in [0.05, 0.1) is 11.3 Å². The molecule has 1 aliphatic heterocycles. The molecule has 7 heteroatoms. The van der Waals surface area contributed by atoms with Crippen molar-refractivity contribution in [2.24, 2.45) is 0 Å². The van der Waals surface area contributed by atoms with Crippen LogP contribution in [0.25, 0.3) is 22.3 Å². The predicted molar refractivity (Wildman–Crippen MR) is 111 cm³/mol. The molecule has 0 fully saturated rings. The Labute approximate surface area is 167 Å². The summed E-state index contributed by atoms with van der Waals surface area (Å²) in [6.45, 7) is 4.61.